The quantitative estimate of drug-likeness (QED) is 0.842. The first-order valence-corrected chi connectivity index (χ1v) is 6.38. The van der Waals surface area contributed by atoms with E-state index >= 15 is 0 Å². The third-order valence-electron chi connectivity index (χ3n) is 3.52. The molecule has 0 saturated heterocycles. The van der Waals surface area contributed by atoms with Gasteiger partial charge in [0.25, 0.3) is 0 Å². The first-order valence-electron chi connectivity index (χ1n) is 6.38. The summed E-state index contributed by atoms with van der Waals surface area (Å²) in [6, 6.07) is 4.17. The van der Waals surface area contributed by atoms with Crippen LogP contribution in [0.1, 0.15) is 50.6 Å². The van der Waals surface area contributed by atoms with E-state index in [1.165, 1.54) is 37.5 Å². The van der Waals surface area contributed by atoms with E-state index in [1.807, 2.05) is 6.92 Å². The van der Waals surface area contributed by atoms with Gasteiger partial charge in [0, 0.05) is 17.6 Å². The molecular weight excluding hydrogens is 220 g/mol. The van der Waals surface area contributed by atoms with Crippen LogP contribution in [-0.2, 0) is 0 Å². The summed E-state index contributed by atoms with van der Waals surface area (Å²) in [7, 11) is 0. The molecule has 1 aliphatic rings. The van der Waals surface area contributed by atoms with Crippen LogP contribution in [0.15, 0.2) is 18.2 Å². The first kappa shape index (κ1) is 12.5. The summed E-state index contributed by atoms with van der Waals surface area (Å²) in [6.07, 6.45) is 5.93. The Kier molecular flexibility index (Phi) is 4.11. The maximum atomic E-state index is 13.6. The van der Waals surface area contributed by atoms with E-state index in [1.54, 1.807) is 0 Å². The van der Waals surface area contributed by atoms with Gasteiger partial charge in [-0.25, -0.2) is 8.78 Å². The van der Waals surface area contributed by atoms with E-state index in [0.717, 1.165) is 12.8 Å². The van der Waals surface area contributed by atoms with Gasteiger partial charge < -0.3 is 5.32 Å². The summed E-state index contributed by atoms with van der Waals surface area (Å²) in [6.45, 7) is 1.83. The summed E-state index contributed by atoms with van der Waals surface area (Å²) in [5.74, 6) is -0.915. The molecule has 1 aromatic rings. The second kappa shape index (κ2) is 5.58. The minimum Gasteiger partial charge on any atom is -0.307 e. The molecule has 1 aliphatic carbocycles. The number of benzene rings is 1. The molecule has 1 atom stereocenters. The number of hydrogen-bond acceptors (Lipinski definition) is 1. The van der Waals surface area contributed by atoms with E-state index in [0.29, 0.717) is 6.04 Å². The molecule has 0 spiro atoms. The first-order chi connectivity index (χ1) is 8.18. The van der Waals surface area contributed by atoms with E-state index in [2.05, 4.69) is 5.32 Å². The highest BCUT2D eigenvalue weighted by molar-refractivity contribution is 5.22. The van der Waals surface area contributed by atoms with Gasteiger partial charge in [0.2, 0.25) is 0 Å². The molecule has 0 amide bonds. The Bertz CT molecular complexity index is 352. The fourth-order valence-corrected chi connectivity index (χ4v) is 2.63. The summed E-state index contributed by atoms with van der Waals surface area (Å²) in [5, 5.41) is 3.34. The molecule has 3 heteroatoms. The molecule has 0 aromatic heterocycles. The van der Waals surface area contributed by atoms with Crippen LogP contribution in [0.2, 0.25) is 0 Å². The minimum atomic E-state index is -0.458. The Hall–Kier alpha value is -0.960. The second-order valence-electron chi connectivity index (χ2n) is 4.86. The van der Waals surface area contributed by atoms with Crippen molar-refractivity contribution in [3.8, 4) is 0 Å². The largest absolute Gasteiger partial charge is 0.307 e. The van der Waals surface area contributed by atoms with Gasteiger partial charge in [0.05, 0.1) is 0 Å². The highest BCUT2D eigenvalue weighted by Crippen LogP contribution is 2.24. The van der Waals surface area contributed by atoms with Gasteiger partial charge in [-0.05, 0) is 31.9 Å². The fraction of sp³-hybridized carbons (Fsp3) is 0.571. The summed E-state index contributed by atoms with van der Waals surface area (Å²) < 4.78 is 27.2. The second-order valence-corrected chi connectivity index (χ2v) is 4.86. The molecule has 0 radical (unpaired) electrons. The lowest BCUT2D eigenvalue weighted by molar-refractivity contribution is 0.339. The van der Waals surface area contributed by atoms with Gasteiger partial charge in [-0.1, -0.05) is 25.3 Å². The van der Waals surface area contributed by atoms with Crippen LogP contribution in [0.5, 0.6) is 0 Å². The Balaban J connectivity index is 2.05. The summed E-state index contributed by atoms with van der Waals surface area (Å²) in [4.78, 5) is 0. The van der Waals surface area contributed by atoms with Gasteiger partial charge in [0.15, 0.2) is 0 Å². The van der Waals surface area contributed by atoms with Crippen molar-refractivity contribution in [3.63, 3.8) is 0 Å². The zero-order valence-electron chi connectivity index (χ0n) is 10.2. The van der Waals surface area contributed by atoms with Crippen LogP contribution in [0.3, 0.4) is 0 Å². The number of nitrogens with one attached hydrogen (secondary N) is 1. The summed E-state index contributed by atoms with van der Waals surface area (Å²) in [5.41, 5.74) is 0.165. The Morgan fingerprint density at radius 1 is 1.12 bits per heavy atom. The van der Waals surface area contributed by atoms with Crippen molar-refractivity contribution in [2.24, 2.45) is 0 Å². The van der Waals surface area contributed by atoms with Gasteiger partial charge >= 0.3 is 0 Å². The van der Waals surface area contributed by atoms with Crippen LogP contribution < -0.4 is 5.32 Å². The van der Waals surface area contributed by atoms with Gasteiger partial charge in [-0.2, -0.15) is 0 Å². The molecule has 17 heavy (non-hydrogen) atoms. The lowest BCUT2D eigenvalue weighted by Gasteiger charge is -2.27. The Morgan fingerprint density at radius 2 is 1.71 bits per heavy atom. The van der Waals surface area contributed by atoms with Crippen molar-refractivity contribution >= 4 is 0 Å². The normalized spacial score (nSPS) is 19.2. The van der Waals surface area contributed by atoms with Gasteiger partial charge in [-0.15, -0.1) is 0 Å². The maximum absolute atomic E-state index is 13.6. The third kappa shape index (κ3) is 3.03. The smallest absolute Gasteiger partial charge is 0.130 e. The molecule has 1 aromatic carbocycles. The molecule has 1 N–H and O–H groups in total. The molecular formula is C14H19F2N. The van der Waals surface area contributed by atoms with E-state index in [-0.39, 0.29) is 11.6 Å². The standard InChI is InChI=1S/C14H19F2N/c1-10(17-11-6-3-2-4-7-11)14-12(15)8-5-9-13(14)16/h5,8-11,17H,2-4,6-7H2,1H3. The van der Waals surface area contributed by atoms with Gasteiger partial charge in [0.1, 0.15) is 11.6 Å². The minimum absolute atomic E-state index is 0.165. The predicted octanol–water partition coefficient (Wildman–Crippen LogP) is 3.95. The van der Waals surface area contributed by atoms with Crippen LogP contribution in [-0.4, -0.2) is 6.04 Å². The number of hydrogen-bond donors (Lipinski definition) is 1. The molecule has 0 heterocycles. The van der Waals surface area contributed by atoms with Crippen molar-refractivity contribution in [3.05, 3.63) is 35.4 Å². The summed E-state index contributed by atoms with van der Waals surface area (Å²) >= 11 is 0. The van der Waals surface area contributed by atoms with Crippen LogP contribution in [0.25, 0.3) is 0 Å². The predicted molar refractivity (Wildman–Crippen MR) is 64.8 cm³/mol. The highest BCUT2D eigenvalue weighted by Gasteiger charge is 2.20. The number of halogens is 2. The zero-order valence-corrected chi connectivity index (χ0v) is 10.2. The molecule has 1 unspecified atom stereocenters. The van der Waals surface area contributed by atoms with Crippen molar-refractivity contribution in [1.82, 2.24) is 5.32 Å². The van der Waals surface area contributed by atoms with E-state index in [9.17, 15) is 8.78 Å². The lowest BCUT2D eigenvalue weighted by Crippen LogP contribution is -2.33. The van der Waals surface area contributed by atoms with Crippen molar-refractivity contribution in [2.45, 2.75) is 51.1 Å². The molecule has 2 rings (SSSR count). The third-order valence-corrected chi connectivity index (χ3v) is 3.52. The Morgan fingerprint density at radius 3 is 2.29 bits per heavy atom. The topological polar surface area (TPSA) is 12.0 Å². The molecule has 94 valence electrons. The van der Waals surface area contributed by atoms with E-state index < -0.39 is 11.6 Å². The highest BCUT2D eigenvalue weighted by atomic mass is 19.1. The monoisotopic (exact) mass is 239 g/mol. The SMILES string of the molecule is CC(NC1CCCCC1)c1c(F)cccc1F. The average molecular weight is 239 g/mol. The van der Waals surface area contributed by atoms with Crippen LogP contribution in [0, 0.1) is 11.6 Å². The molecule has 0 aliphatic heterocycles. The van der Waals surface area contributed by atoms with E-state index in [4.69, 9.17) is 0 Å². The van der Waals surface area contributed by atoms with Gasteiger partial charge in [-0.3, -0.25) is 0 Å². The van der Waals surface area contributed by atoms with Crippen molar-refractivity contribution in [1.29, 1.82) is 0 Å². The fourth-order valence-electron chi connectivity index (χ4n) is 2.63. The molecule has 1 fully saturated rings. The molecule has 0 bridgehead atoms. The van der Waals surface area contributed by atoms with Crippen LogP contribution >= 0.6 is 0 Å². The van der Waals surface area contributed by atoms with Crippen LogP contribution in [0.4, 0.5) is 8.78 Å². The lowest BCUT2D eigenvalue weighted by atomic mass is 9.94. The maximum Gasteiger partial charge on any atom is 0.130 e. The number of rotatable bonds is 3. The van der Waals surface area contributed by atoms with Crippen molar-refractivity contribution < 1.29 is 8.78 Å². The molecule has 1 nitrogen and oxygen atoms in total. The molecule has 1 saturated carbocycles. The van der Waals surface area contributed by atoms with Crippen molar-refractivity contribution in [2.75, 3.05) is 0 Å². The zero-order chi connectivity index (χ0) is 12.3. The Labute approximate surface area is 101 Å². The average Bonchev–Trinajstić information content (AvgIpc) is 2.30.